The molecule has 0 amide bonds. The molecule has 0 aromatic rings. The first-order valence-electron chi connectivity index (χ1n) is 4.82. The summed E-state index contributed by atoms with van der Waals surface area (Å²) in [6.45, 7) is 3.95. The molecule has 0 saturated carbocycles. The highest BCUT2D eigenvalue weighted by Crippen LogP contribution is 2.11. The molecule has 2 unspecified atom stereocenters. The van der Waals surface area contributed by atoms with Crippen molar-refractivity contribution in [1.29, 1.82) is 0 Å². The van der Waals surface area contributed by atoms with E-state index < -0.39 is 23.9 Å². The molecule has 1 heterocycles. The Kier molecular flexibility index (Phi) is 4.08. The lowest BCUT2D eigenvalue weighted by atomic mass is 10.0. The van der Waals surface area contributed by atoms with E-state index in [0.717, 1.165) is 0 Å². The van der Waals surface area contributed by atoms with Gasteiger partial charge in [-0.15, -0.1) is 0 Å². The van der Waals surface area contributed by atoms with Crippen LogP contribution >= 0.6 is 0 Å². The molecule has 0 aliphatic carbocycles. The third-order valence-corrected chi connectivity index (χ3v) is 1.91. The first kappa shape index (κ1) is 11.5. The fourth-order valence-corrected chi connectivity index (χ4v) is 1.24. The van der Waals surface area contributed by atoms with Crippen molar-refractivity contribution in [1.82, 2.24) is 5.43 Å². The third-order valence-electron chi connectivity index (χ3n) is 1.91. The summed E-state index contributed by atoms with van der Waals surface area (Å²) in [6.07, 6.45) is 1.36. The lowest BCUT2D eigenvalue weighted by Gasteiger charge is -2.14. The quantitative estimate of drug-likeness (QED) is 0.649. The van der Waals surface area contributed by atoms with Gasteiger partial charge in [0.2, 0.25) is 0 Å². The highest BCUT2D eigenvalue weighted by Gasteiger charge is 2.37. The van der Waals surface area contributed by atoms with Gasteiger partial charge in [0.1, 0.15) is 5.92 Å². The SMILES string of the molecule is CCOC(=O)C1C=NNC1C(=O)OCC. The van der Waals surface area contributed by atoms with Crippen LogP contribution in [0, 0.1) is 5.92 Å². The molecule has 15 heavy (non-hydrogen) atoms. The number of esters is 2. The van der Waals surface area contributed by atoms with E-state index >= 15 is 0 Å². The molecule has 0 fully saturated rings. The number of ether oxygens (including phenoxy) is 2. The average molecular weight is 214 g/mol. The van der Waals surface area contributed by atoms with Gasteiger partial charge in [0.25, 0.3) is 0 Å². The summed E-state index contributed by atoms with van der Waals surface area (Å²) in [5.41, 5.74) is 2.52. The number of rotatable bonds is 4. The predicted octanol–water partition coefficient (Wildman–Crippen LogP) is -0.314. The van der Waals surface area contributed by atoms with Gasteiger partial charge >= 0.3 is 11.9 Å². The van der Waals surface area contributed by atoms with Crippen molar-refractivity contribution >= 4 is 18.2 Å². The van der Waals surface area contributed by atoms with Crippen molar-refractivity contribution in [3.63, 3.8) is 0 Å². The molecule has 0 aromatic carbocycles. The number of hydrazone groups is 1. The average Bonchev–Trinajstić information content (AvgIpc) is 2.66. The van der Waals surface area contributed by atoms with Crippen LogP contribution in [-0.2, 0) is 19.1 Å². The number of hydrogen-bond acceptors (Lipinski definition) is 6. The van der Waals surface area contributed by atoms with Crippen molar-refractivity contribution in [3.8, 4) is 0 Å². The van der Waals surface area contributed by atoms with Crippen LogP contribution in [-0.4, -0.2) is 37.4 Å². The Hall–Kier alpha value is -1.59. The summed E-state index contributed by atoms with van der Waals surface area (Å²) in [7, 11) is 0. The molecule has 6 heteroatoms. The Morgan fingerprint density at radius 2 is 1.87 bits per heavy atom. The summed E-state index contributed by atoms with van der Waals surface area (Å²) in [6, 6.07) is -0.760. The number of carbonyl (C=O) groups is 2. The van der Waals surface area contributed by atoms with Gasteiger partial charge in [-0.3, -0.25) is 10.2 Å². The molecule has 84 valence electrons. The zero-order chi connectivity index (χ0) is 11.3. The van der Waals surface area contributed by atoms with E-state index in [-0.39, 0.29) is 13.2 Å². The molecule has 2 atom stereocenters. The van der Waals surface area contributed by atoms with Gasteiger partial charge in [0.15, 0.2) is 6.04 Å². The molecular formula is C9H14N2O4. The van der Waals surface area contributed by atoms with Crippen molar-refractivity contribution in [2.24, 2.45) is 11.0 Å². The first-order valence-corrected chi connectivity index (χ1v) is 4.82. The Bertz CT molecular complexity index is 277. The van der Waals surface area contributed by atoms with Gasteiger partial charge in [-0.25, -0.2) is 4.79 Å². The monoisotopic (exact) mass is 214 g/mol. The minimum atomic E-state index is -0.760. The van der Waals surface area contributed by atoms with Crippen LogP contribution < -0.4 is 5.43 Å². The zero-order valence-electron chi connectivity index (χ0n) is 8.73. The predicted molar refractivity (Wildman–Crippen MR) is 52.2 cm³/mol. The van der Waals surface area contributed by atoms with E-state index in [1.54, 1.807) is 13.8 Å². The fourth-order valence-electron chi connectivity index (χ4n) is 1.24. The molecule has 0 bridgehead atoms. The molecule has 1 rings (SSSR count). The van der Waals surface area contributed by atoms with Gasteiger partial charge in [-0.1, -0.05) is 0 Å². The van der Waals surface area contributed by atoms with E-state index in [2.05, 4.69) is 10.5 Å². The Morgan fingerprint density at radius 3 is 2.47 bits per heavy atom. The second-order valence-electron chi connectivity index (χ2n) is 2.91. The third kappa shape index (κ3) is 2.68. The van der Waals surface area contributed by atoms with Gasteiger partial charge in [-0.05, 0) is 13.8 Å². The normalized spacial score (nSPS) is 23.3. The maximum absolute atomic E-state index is 11.4. The Labute approximate surface area is 87.6 Å². The number of nitrogens with one attached hydrogen (secondary N) is 1. The highest BCUT2D eigenvalue weighted by molar-refractivity contribution is 5.98. The van der Waals surface area contributed by atoms with Crippen LogP contribution in [0.1, 0.15) is 13.8 Å². The summed E-state index contributed by atoms with van der Waals surface area (Å²) in [5.74, 6) is -1.65. The van der Waals surface area contributed by atoms with Crippen molar-refractivity contribution < 1.29 is 19.1 Å². The van der Waals surface area contributed by atoms with Gasteiger partial charge in [0, 0.05) is 6.21 Å². The molecule has 0 saturated heterocycles. The fraction of sp³-hybridized carbons (Fsp3) is 0.667. The van der Waals surface area contributed by atoms with Crippen LogP contribution in [0.5, 0.6) is 0 Å². The lowest BCUT2D eigenvalue weighted by Crippen LogP contribution is -2.41. The Morgan fingerprint density at radius 1 is 1.27 bits per heavy atom. The number of carbonyl (C=O) groups excluding carboxylic acids is 2. The van der Waals surface area contributed by atoms with Crippen molar-refractivity contribution in [2.75, 3.05) is 13.2 Å². The van der Waals surface area contributed by atoms with Crippen LogP contribution in [0.2, 0.25) is 0 Å². The minimum absolute atomic E-state index is 0.270. The molecule has 0 spiro atoms. The van der Waals surface area contributed by atoms with E-state index in [0.29, 0.717) is 0 Å². The van der Waals surface area contributed by atoms with Gasteiger partial charge in [0.05, 0.1) is 13.2 Å². The second-order valence-corrected chi connectivity index (χ2v) is 2.91. The summed E-state index contributed by atoms with van der Waals surface area (Å²) >= 11 is 0. The molecule has 1 aliphatic heterocycles. The lowest BCUT2D eigenvalue weighted by molar-refractivity contribution is -0.154. The van der Waals surface area contributed by atoms with Crippen LogP contribution in [0.4, 0.5) is 0 Å². The van der Waals surface area contributed by atoms with Crippen molar-refractivity contribution in [2.45, 2.75) is 19.9 Å². The molecule has 6 nitrogen and oxygen atoms in total. The molecule has 1 aliphatic rings. The largest absolute Gasteiger partial charge is 0.465 e. The maximum atomic E-state index is 11.4. The standard InChI is InChI=1S/C9H14N2O4/c1-3-14-8(12)6-5-10-11-7(6)9(13)15-4-2/h5-7,11H,3-4H2,1-2H3. The topological polar surface area (TPSA) is 77.0 Å². The summed E-state index contributed by atoms with van der Waals surface area (Å²) in [4.78, 5) is 22.8. The first-order chi connectivity index (χ1) is 7.20. The maximum Gasteiger partial charge on any atom is 0.331 e. The van der Waals surface area contributed by atoms with Crippen molar-refractivity contribution in [3.05, 3.63) is 0 Å². The summed E-state index contributed by atoms with van der Waals surface area (Å²) < 4.78 is 9.60. The number of nitrogens with zero attached hydrogens (tertiary/aromatic N) is 1. The smallest absolute Gasteiger partial charge is 0.331 e. The van der Waals surface area contributed by atoms with Crippen LogP contribution in [0.15, 0.2) is 5.10 Å². The molecule has 0 aromatic heterocycles. The van der Waals surface area contributed by atoms with Crippen LogP contribution in [0.25, 0.3) is 0 Å². The molecule has 0 radical (unpaired) electrons. The van der Waals surface area contributed by atoms with Crippen LogP contribution in [0.3, 0.4) is 0 Å². The van der Waals surface area contributed by atoms with E-state index in [1.807, 2.05) is 0 Å². The van der Waals surface area contributed by atoms with E-state index in [1.165, 1.54) is 6.21 Å². The van der Waals surface area contributed by atoms with Gasteiger partial charge in [-0.2, -0.15) is 5.10 Å². The van der Waals surface area contributed by atoms with E-state index in [9.17, 15) is 9.59 Å². The second kappa shape index (κ2) is 5.33. The Balaban J connectivity index is 2.59. The minimum Gasteiger partial charge on any atom is -0.465 e. The number of hydrogen-bond donors (Lipinski definition) is 1. The molecule has 1 N–H and O–H groups in total. The summed E-state index contributed by atoms with van der Waals surface area (Å²) in [5, 5.41) is 3.68. The zero-order valence-corrected chi connectivity index (χ0v) is 8.73. The van der Waals surface area contributed by atoms with E-state index in [4.69, 9.17) is 9.47 Å². The van der Waals surface area contributed by atoms with Gasteiger partial charge < -0.3 is 9.47 Å². The molecular weight excluding hydrogens is 200 g/mol. The highest BCUT2D eigenvalue weighted by atomic mass is 16.5.